The van der Waals surface area contributed by atoms with Crippen LogP contribution >= 0.6 is 0 Å². The smallest absolute Gasteiger partial charge is 0.317 e. The molecule has 0 saturated carbocycles. The summed E-state index contributed by atoms with van der Waals surface area (Å²) in [6.45, 7) is 6.95. The van der Waals surface area contributed by atoms with Crippen molar-refractivity contribution in [2.75, 3.05) is 39.8 Å². The Hall–Kier alpha value is -0.770. The highest BCUT2D eigenvalue weighted by Crippen LogP contribution is 2.00. The van der Waals surface area contributed by atoms with Crippen molar-refractivity contribution in [1.82, 2.24) is 15.1 Å². The van der Waals surface area contributed by atoms with Gasteiger partial charge in [0.25, 0.3) is 0 Å². The molecule has 1 rings (SSSR count). The first-order valence-electron chi connectivity index (χ1n) is 4.47. The Morgan fingerprint density at radius 1 is 1.33 bits per heavy atom. The molecule has 4 heteroatoms. The van der Waals surface area contributed by atoms with E-state index in [1.54, 1.807) is 7.05 Å². The summed E-state index contributed by atoms with van der Waals surface area (Å²) in [4.78, 5) is 15.4. The van der Waals surface area contributed by atoms with Crippen molar-refractivity contribution in [2.45, 2.75) is 6.92 Å². The molecule has 0 bridgehead atoms. The minimum absolute atomic E-state index is 0.0470. The molecule has 1 heterocycles. The summed E-state index contributed by atoms with van der Waals surface area (Å²) in [5.41, 5.74) is 0. The predicted octanol–water partition coefficient (Wildman–Crippen LogP) is -0.0367. The van der Waals surface area contributed by atoms with Gasteiger partial charge in [0.1, 0.15) is 0 Å². The van der Waals surface area contributed by atoms with Gasteiger partial charge in [-0.3, -0.25) is 0 Å². The van der Waals surface area contributed by atoms with Gasteiger partial charge in [-0.1, -0.05) is 6.92 Å². The second-order valence-electron chi connectivity index (χ2n) is 2.98. The van der Waals surface area contributed by atoms with Crippen molar-refractivity contribution in [2.24, 2.45) is 0 Å². The zero-order valence-corrected chi connectivity index (χ0v) is 7.84. The first-order valence-corrected chi connectivity index (χ1v) is 4.47. The molecule has 12 heavy (non-hydrogen) atoms. The summed E-state index contributed by atoms with van der Waals surface area (Å²) in [6, 6.07) is 0.0470. The van der Waals surface area contributed by atoms with E-state index in [1.165, 1.54) is 0 Å². The molecule has 70 valence electrons. The van der Waals surface area contributed by atoms with E-state index < -0.39 is 0 Å². The van der Waals surface area contributed by atoms with Crippen LogP contribution in [-0.2, 0) is 0 Å². The van der Waals surface area contributed by atoms with Crippen LogP contribution < -0.4 is 5.32 Å². The molecule has 1 saturated heterocycles. The van der Waals surface area contributed by atoms with Crippen LogP contribution in [0.5, 0.6) is 0 Å². The number of piperazine rings is 1. The summed E-state index contributed by atoms with van der Waals surface area (Å²) in [5, 5.41) is 2.64. The maximum atomic E-state index is 11.2. The molecule has 1 aliphatic heterocycles. The minimum Gasteiger partial charge on any atom is -0.341 e. The molecular weight excluding hydrogens is 154 g/mol. The van der Waals surface area contributed by atoms with Gasteiger partial charge < -0.3 is 15.1 Å². The van der Waals surface area contributed by atoms with Gasteiger partial charge in [-0.2, -0.15) is 0 Å². The number of urea groups is 1. The van der Waals surface area contributed by atoms with E-state index in [2.05, 4.69) is 17.1 Å². The predicted molar refractivity (Wildman–Crippen MR) is 48.1 cm³/mol. The molecule has 0 aromatic carbocycles. The van der Waals surface area contributed by atoms with Gasteiger partial charge in [0, 0.05) is 33.2 Å². The molecule has 0 atom stereocenters. The summed E-state index contributed by atoms with van der Waals surface area (Å²) < 4.78 is 0. The molecule has 1 N–H and O–H groups in total. The number of rotatable bonds is 1. The Kier molecular flexibility index (Phi) is 3.34. The van der Waals surface area contributed by atoms with Gasteiger partial charge in [-0.05, 0) is 6.54 Å². The van der Waals surface area contributed by atoms with Gasteiger partial charge in [-0.25, -0.2) is 4.79 Å². The fourth-order valence-corrected chi connectivity index (χ4v) is 1.43. The maximum Gasteiger partial charge on any atom is 0.317 e. The third-order valence-corrected chi connectivity index (χ3v) is 2.32. The number of amides is 2. The Balaban J connectivity index is 2.30. The fraction of sp³-hybridized carbons (Fsp3) is 0.875. The Bertz CT molecular complexity index is 152. The first-order chi connectivity index (χ1) is 5.77. The SMILES string of the molecule is CCN1CCN(C(=O)NC)CC1. The quantitative estimate of drug-likeness (QED) is 0.601. The highest BCUT2D eigenvalue weighted by atomic mass is 16.2. The lowest BCUT2D eigenvalue weighted by Crippen LogP contribution is -2.50. The minimum atomic E-state index is 0.0470. The largest absolute Gasteiger partial charge is 0.341 e. The van der Waals surface area contributed by atoms with Gasteiger partial charge >= 0.3 is 6.03 Å². The van der Waals surface area contributed by atoms with Crippen molar-refractivity contribution in [3.63, 3.8) is 0 Å². The number of carbonyl (C=O) groups is 1. The third-order valence-electron chi connectivity index (χ3n) is 2.32. The van der Waals surface area contributed by atoms with Crippen LogP contribution in [-0.4, -0.2) is 55.6 Å². The van der Waals surface area contributed by atoms with Crippen molar-refractivity contribution in [3.05, 3.63) is 0 Å². The van der Waals surface area contributed by atoms with Gasteiger partial charge in [0.2, 0.25) is 0 Å². The Morgan fingerprint density at radius 3 is 2.33 bits per heavy atom. The monoisotopic (exact) mass is 171 g/mol. The Morgan fingerprint density at radius 2 is 1.92 bits per heavy atom. The molecule has 0 aromatic heterocycles. The summed E-state index contributed by atoms with van der Waals surface area (Å²) in [5.74, 6) is 0. The molecule has 1 aliphatic rings. The van der Waals surface area contributed by atoms with Crippen LogP contribution in [0, 0.1) is 0 Å². The molecule has 0 unspecified atom stereocenters. The van der Waals surface area contributed by atoms with E-state index in [0.717, 1.165) is 32.7 Å². The van der Waals surface area contributed by atoms with Crippen LogP contribution in [0.3, 0.4) is 0 Å². The zero-order chi connectivity index (χ0) is 8.97. The number of nitrogens with one attached hydrogen (secondary N) is 1. The van der Waals surface area contributed by atoms with Gasteiger partial charge in [-0.15, -0.1) is 0 Å². The highest BCUT2D eigenvalue weighted by Gasteiger charge is 2.18. The normalized spacial score (nSPS) is 19.3. The fourth-order valence-electron chi connectivity index (χ4n) is 1.43. The van der Waals surface area contributed by atoms with Crippen molar-refractivity contribution >= 4 is 6.03 Å². The summed E-state index contributed by atoms with van der Waals surface area (Å²) in [6.07, 6.45) is 0. The van der Waals surface area contributed by atoms with E-state index in [4.69, 9.17) is 0 Å². The van der Waals surface area contributed by atoms with Crippen molar-refractivity contribution in [3.8, 4) is 0 Å². The summed E-state index contributed by atoms with van der Waals surface area (Å²) in [7, 11) is 1.68. The molecule has 0 radical (unpaired) electrons. The Labute approximate surface area is 73.5 Å². The third kappa shape index (κ3) is 2.11. The standard InChI is InChI=1S/C8H17N3O/c1-3-10-4-6-11(7-5-10)8(12)9-2/h3-7H2,1-2H3,(H,9,12). The molecule has 0 aliphatic carbocycles. The van der Waals surface area contributed by atoms with Crippen molar-refractivity contribution < 1.29 is 4.79 Å². The van der Waals surface area contributed by atoms with E-state index in [-0.39, 0.29) is 6.03 Å². The zero-order valence-electron chi connectivity index (χ0n) is 7.84. The number of hydrogen-bond acceptors (Lipinski definition) is 2. The molecule has 0 aromatic rings. The van der Waals surface area contributed by atoms with Crippen LogP contribution in [0.1, 0.15) is 6.92 Å². The maximum absolute atomic E-state index is 11.2. The first kappa shape index (κ1) is 9.32. The number of nitrogens with zero attached hydrogens (tertiary/aromatic N) is 2. The second-order valence-corrected chi connectivity index (χ2v) is 2.98. The number of carbonyl (C=O) groups excluding carboxylic acids is 1. The second kappa shape index (κ2) is 4.30. The van der Waals surface area contributed by atoms with Crippen LogP contribution in [0.2, 0.25) is 0 Å². The molecule has 1 fully saturated rings. The lowest BCUT2D eigenvalue weighted by atomic mass is 10.3. The molecule has 2 amide bonds. The average Bonchev–Trinajstić information content (AvgIpc) is 2.17. The van der Waals surface area contributed by atoms with Gasteiger partial charge in [0.05, 0.1) is 0 Å². The van der Waals surface area contributed by atoms with E-state index in [0.29, 0.717) is 0 Å². The number of hydrogen-bond donors (Lipinski definition) is 1. The van der Waals surface area contributed by atoms with Crippen molar-refractivity contribution in [1.29, 1.82) is 0 Å². The van der Waals surface area contributed by atoms with Crippen LogP contribution in [0.15, 0.2) is 0 Å². The van der Waals surface area contributed by atoms with Crippen LogP contribution in [0.25, 0.3) is 0 Å². The average molecular weight is 171 g/mol. The van der Waals surface area contributed by atoms with E-state index in [9.17, 15) is 4.79 Å². The molecule has 4 nitrogen and oxygen atoms in total. The van der Waals surface area contributed by atoms with E-state index in [1.807, 2.05) is 4.90 Å². The number of likely N-dealkylation sites (N-methyl/N-ethyl adjacent to an activating group) is 1. The topological polar surface area (TPSA) is 35.6 Å². The lowest BCUT2D eigenvalue weighted by molar-refractivity contribution is 0.144. The highest BCUT2D eigenvalue weighted by molar-refractivity contribution is 5.73. The van der Waals surface area contributed by atoms with Gasteiger partial charge in [0.15, 0.2) is 0 Å². The molecule has 0 spiro atoms. The lowest BCUT2D eigenvalue weighted by Gasteiger charge is -2.33. The molecular formula is C8H17N3O. The van der Waals surface area contributed by atoms with E-state index >= 15 is 0 Å². The van der Waals surface area contributed by atoms with Crippen LogP contribution in [0.4, 0.5) is 4.79 Å². The summed E-state index contributed by atoms with van der Waals surface area (Å²) >= 11 is 0.